The summed E-state index contributed by atoms with van der Waals surface area (Å²) in [5, 5.41) is 13.3. The SMILES string of the molecule is CCC(C)=CCCN1CC[C@@H](O)[C@@]2(CCCNC2=O)C1. The first kappa shape index (κ1) is 15.5. The number of amides is 1. The van der Waals surface area contributed by atoms with Gasteiger partial charge >= 0.3 is 0 Å². The van der Waals surface area contributed by atoms with E-state index in [1.807, 2.05) is 0 Å². The minimum absolute atomic E-state index is 0.0567. The van der Waals surface area contributed by atoms with Gasteiger partial charge in [-0.2, -0.15) is 0 Å². The first-order chi connectivity index (χ1) is 9.58. The second kappa shape index (κ2) is 6.72. The fraction of sp³-hybridized carbons (Fsp3) is 0.812. The molecule has 2 rings (SSSR count). The first-order valence-electron chi connectivity index (χ1n) is 7.93. The molecule has 0 aromatic rings. The monoisotopic (exact) mass is 280 g/mol. The van der Waals surface area contributed by atoms with Crippen LogP contribution >= 0.6 is 0 Å². The third-order valence-corrected chi connectivity index (χ3v) is 4.90. The minimum Gasteiger partial charge on any atom is -0.392 e. The first-order valence-corrected chi connectivity index (χ1v) is 7.93. The molecule has 1 spiro atoms. The molecule has 0 radical (unpaired) electrons. The maximum Gasteiger partial charge on any atom is 0.230 e. The average Bonchev–Trinajstić information content (AvgIpc) is 2.45. The maximum atomic E-state index is 12.2. The summed E-state index contributed by atoms with van der Waals surface area (Å²) >= 11 is 0. The molecule has 4 nitrogen and oxygen atoms in total. The Hall–Kier alpha value is -0.870. The van der Waals surface area contributed by atoms with Crippen molar-refractivity contribution < 1.29 is 9.90 Å². The molecule has 0 unspecified atom stereocenters. The smallest absolute Gasteiger partial charge is 0.230 e. The van der Waals surface area contributed by atoms with E-state index in [2.05, 4.69) is 30.1 Å². The van der Waals surface area contributed by atoms with Crippen molar-refractivity contribution in [1.29, 1.82) is 0 Å². The summed E-state index contributed by atoms with van der Waals surface area (Å²) in [5.74, 6) is 0.0567. The number of hydrogen-bond donors (Lipinski definition) is 2. The van der Waals surface area contributed by atoms with Crippen LogP contribution in [-0.2, 0) is 4.79 Å². The van der Waals surface area contributed by atoms with E-state index in [1.54, 1.807) is 0 Å². The number of nitrogens with zero attached hydrogens (tertiary/aromatic N) is 1. The van der Waals surface area contributed by atoms with Crippen LogP contribution in [0.15, 0.2) is 11.6 Å². The number of rotatable bonds is 4. The van der Waals surface area contributed by atoms with Gasteiger partial charge < -0.3 is 15.3 Å². The third-order valence-electron chi connectivity index (χ3n) is 4.90. The molecular formula is C16H28N2O2. The molecule has 4 heteroatoms. The van der Waals surface area contributed by atoms with Crippen molar-refractivity contribution in [2.75, 3.05) is 26.2 Å². The standard InChI is InChI=1S/C16H28N2O2/c1-3-13(2)6-4-10-18-11-7-14(19)16(12-18)8-5-9-17-15(16)20/h6,14,19H,3-5,7-12H2,1-2H3,(H,17,20)/t14-,16-/m1/s1. The van der Waals surface area contributed by atoms with Crippen LogP contribution in [0.3, 0.4) is 0 Å². The van der Waals surface area contributed by atoms with E-state index >= 15 is 0 Å². The van der Waals surface area contributed by atoms with Crippen molar-refractivity contribution in [2.24, 2.45) is 5.41 Å². The molecule has 2 aliphatic heterocycles. The van der Waals surface area contributed by atoms with E-state index < -0.39 is 11.5 Å². The molecule has 114 valence electrons. The van der Waals surface area contributed by atoms with Gasteiger partial charge in [-0.05, 0) is 39.0 Å². The normalized spacial score (nSPS) is 32.5. The zero-order valence-electron chi connectivity index (χ0n) is 12.8. The van der Waals surface area contributed by atoms with Crippen molar-refractivity contribution in [2.45, 2.75) is 52.1 Å². The van der Waals surface area contributed by atoms with Crippen LogP contribution < -0.4 is 5.32 Å². The maximum absolute atomic E-state index is 12.2. The molecule has 2 saturated heterocycles. The summed E-state index contributed by atoms with van der Waals surface area (Å²) in [4.78, 5) is 14.6. The lowest BCUT2D eigenvalue weighted by Gasteiger charge is -2.46. The lowest BCUT2D eigenvalue weighted by Crippen LogP contribution is -2.61. The second-order valence-corrected chi connectivity index (χ2v) is 6.29. The number of likely N-dealkylation sites (tertiary alicyclic amines) is 1. The number of aliphatic hydroxyl groups excluding tert-OH is 1. The Labute approximate surface area is 122 Å². The van der Waals surface area contributed by atoms with Crippen molar-refractivity contribution in [3.05, 3.63) is 11.6 Å². The molecule has 2 heterocycles. The van der Waals surface area contributed by atoms with Gasteiger partial charge in [0, 0.05) is 26.2 Å². The van der Waals surface area contributed by atoms with Crippen LogP contribution in [-0.4, -0.2) is 48.2 Å². The molecule has 2 atom stereocenters. The minimum atomic E-state index is -0.556. The predicted octanol–water partition coefficient (Wildman–Crippen LogP) is 1.70. The van der Waals surface area contributed by atoms with E-state index in [9.17, 15) is 9.90 Å². The number of carbonyl (C=O) groups is 1. The summed E-state index contributed by atoms with van der Waals surface area (Å²) in [5.41, 5.74) is 0.868. The molecular weight excluding hydrogens is 252 g/mol. The lowest BCUT2D eigenvalue weighted by atomic mass is 9.71. The van der Waals surface area contributed by atoms with Gasteiger partial charge in [0.15, 0.2) is 0 Å². The molecule has 0 aromatic carbocycles. The van der Waals surface area contributed by atoms with Crippen molar-refractivity contribution >= 4 is 5.91 Å². The second-order valence-electron chi connectivity index (χ2n) is 6.29. The van der Waals surface area contributed by atoms with Gasteiger partial charge in [0.1, 0.15) is 0 Å². The highest BCUT2D eigenvalue weighted by Gasteiger charge is 2.49. The number of carbonyl (C=O) groups excluding carboxylic acids is 1. The Bertz CT molecular complexity index is 381. The van der Waals surface area contributed by atoms with Gasteiger partial charge in [-0.25, -0.2) is 0 Å². The van der Waals surface area contributed by atoms with Gasteiger partial charge in [0.2, 0.25) is 5.91 Å². The number of hydrogen-bond acceptors (Lipinski definition) is 3. The average molecular weight is 280 g/mol. The number of nitrogens with one attached hydrogen (secondary N) is 1. The predicted molar refractivity (Wildman–Crippen MR) is 80.4 cm³/mol. The number of aliphatic hydroxyl groups is 1. The molecule has 0 aromatic heterocycles. The molecule has 2 N–H and O–H groups in total. The Morgan fingerprint density at radius 2 is 2.40 bits per heavy atom. The summed E-state index contributed by atoms with van der Waals surface area (Å²) in [6.07, 6.45) is 6.46. The van der Waals surface area contributed by atoms with E-state index in [-0.39, 0.29) is 5.91 Å². The molecule has 1 amide bonds. The fourth-order valence-corrected chi connectivity index (χ4v) is 3.36. The lowest BCUT2D eigenvalue weighted by molar-refractivity contribution is -0.148. The Morgan fingerprint density at radius 1 is 1.60 bits per heavy atom. The van der Waals surface area contributed by atoms with Crippen molar-refractivity contribution in [3.8, 4) is 0 Å². The zero-order chi connectivity index (χ0) is 14.6. The highest BCUT2D eigenvalue weighted by Crippen LogP contribution is 2.37. The van der Waals surface area contributed by atoms with Gasteiger partial charge in [0.25, 0.3) is 0 Å². The van der Waals surface area contributed by atoms with Gasteiger partial charge in [-0.1, -0.05) is 18.6 Å². The van der Waals surface area contributed by atoms with Crippen LogP contribution in [0, 0.1) is 5.41 Å². The topological polar surface area (TPSA) is 52.6 Å². The van der Waals surface area contributed by atoms with E-state index in [0.29, 0.717) is 13.0 Å². The molecule has 0 saturated carbocycles. The number of allylic oxidation sites excluding steroid dienone is 1. The van der Waals surface area contributed by atoms with Crippen LogP contribution in [0.25, 0.3) is 0 Å². The zero-order valence-corrected chi connectivity index (χ0v) is 12.8. The summed E-state index contributed by atoms with van der Waals surface area (Å²) in [7, 11) is 0. The van der Waals surface area contributed by atoms with Crippen molar-refractivity contribution in [1.82, 2.24) is 10.2 Å². The number of piperidine rings is 2. The molecule has 0 aliphatic carbocycles. The van der Waals surface area contributed by atoms with Crippen LogP contribution in [0.2, 0.25) is 0 Å². The summed E-state index contributed by atoms with van der Waals surface area (Å²) in [6.45, 7) is 7.68. The molecule has 2 aliphatic rings. The summed E-state index contributed by atoms with van der Waals surface area (Å²) < 4.78 is 0. The van der Waals surface area contributed by atoms with Gasteiger partial charge in [0.05, 0.1) is 11.5 Å². The highest BCUT2D eigenvalue weighted by atomic mass is 16.3. The highest BCUT2D eigenvalue weighted by molar-refractivity contribution is 5.84. The largest absolute Gasteiger partial charge is 0.392 e. The van der Waals surface area contributed by atoms with Gasteiger partial charge in [-0.3, -0.25) is 4.79 Å². The third kappa shape index (κ3) is 3.23. The summed E-state index contributed by atoms with van der Waals surface area (Å²) in [6, 6.07) is 0. The van der Waals surface area contributed by atoms with E-state index in [4.69, 9.17) is 0 Å². The molecule has 20 heavy (non-hydrogen) atoms. The molecule has 0 bridgehead atoms. The van der Waals surface area contributed by atoms with Crippen LogP contribution in [0.5, 0.6) is 0 Å². The Kier molecular flexibility index (Phi) is 5.22. The van der Waals surface area contributed by atoms with Crippen LogP contribution in [0.1, 0.15) is 46.0 Å². The van der Waals surface area contributed by atoms with E-state index in [1.165, 1.54) is 5.57 Å². The van der Waals surface area contributed by atoms with E-state index in [0.717, 1.165) is 45.3 Å². The Balaban J connectivity index is 1.95. The quantitative estimate of drug-likeness (QED) is 0.771. The molecule has 2 fully saturated rings. The van der Waals surface area contributed by atoms with Crippen molar-refractivity contribution in [3.63, 3.8) is 0 Å². The van der Waals surface area contributed by atoms with Gasteiger partial charge in [-0.15, -0.1) is 0 Å². The van der Waals surface area contributed by atoms with Crippen LogP contribution in [0.4, 0.5) is 0 Å². The Morgan fingerprint density at radius 3 is 3.10 bits per heavy atom. The fourth-order valence-electron chi connectivity index (χ4n) is 3.36.